The Bertz CT molecular complexity index is 314. The maximum absolute atomic E-state index is 8.74. The molecule has 112 valence electrons. The molecule has 0 bridgehead atoms. The van der Waals surface area contributed by atoms with E-state index in [4.69, 9.17) is 15.7 Å². The van der Waals surface area contributed by atoms with Gasteiger partial charge in [-0.1, -0.05) is 25.4 Å². The minimum atomic E-state index is -0.227. The van der Waals surface area contributed by atoms with Gasteiger partial charge >= 0.3 is 0 Å². The van der Waals surface area contributed by atoms with Crippen molar-refractivity contribution in [1.29, 1.82) is 0 Å². The van der Waals surface area contributed by atoms with Crippen LogP contribution >= 0.6 is 0 Å². The van der Waals surface area contributed by atoms with Gasteiger partial charge in [-0.3, -0.25) is 4.90 Å². The van der Waals surface area contributed by atoms with Crippen molar-refractivity contribution in [1.82, 2.24) is 4.90 Å². The summed E-state index contributed by atoms with van der Waals surface area (Å²) in [6.45, 7) is 12.2. The molecule has 1 aliphatic heterocycles. The quantitative estimate of drug-likeness (QED) is 0.255. The molecule has 1 aliphatic rings. The van der Waals surface area contributed by atoms with Crippen LogP contribution in [0, 0.1) is 5.41 Å². The lowest BCUT2D eigenvalue weighted by atomic mass is 9.86. The molecule has 1 heterocycles. The lowest BCUT2D eigenvalue weighted by molar-refractivity contribution is -0.0514. The number of rotatable bonds is 6. The van der Waals surface area contributed by atoms with Crippen LogP contribution in [0.3, 0.4) is 0 Å². The monoisotopic (exact) mass is 271 g/mol. The molecule has 1 saturated heterocycles. The Labute approximate surface area is 116 Å². The van der Waals surface area contributed by atoms with E-state index < -0.39 is 0 Å². The number of unbranched alkanes of at least 4 members (excludes halogenated alkanes) is 1. The lowest BCUT2D eigenvalue weighted by Crippen LogP contribution is -2.53. The molecular formula is C14H29N3O2. The molecule has 0 atom stereocenters. The predicted molar refractivity (Wildman–Crippen MR) is 77.5 cm³/mol. The van der Waals surface area contributed by atoms with Crippen LogP contribution in [0.2, 0.25) is 0 Å². The molecule has 3 N–H and O–H groups in total. The molecule has 1 rings (SSSR count). The van der Waals surface area contributed by atoms with Crippen molar-refractivity contribution in [2.45, 2.75) is 52.5 Å². The molecular weight excluding hydrogens is 242 g/mol. The predicted octanol–water partition coefficient (Wildman–Crippen LogP) is 2.04. The van der Waals surface area contributed by atoms with Crippen LogP contribution in [0.15, 0.2) is 5.16 Å². The molecule has 1 fully saturated rings. The lowest BCUT2D eigenvalue weighted by Gasteiger charge is -2.42. The smallest absolute Gasteiger partial charge is 0.144 e. The van der Waals surface area contributed by atoms with Gasteiger partial charge in [0, 0.05) is 17.5 Å². The van der Waals surface area contributed by atoms with Gasteiger partial charge in [0.2, 0.25) is 0 Å². The SMILES string of the molecule is CC(C)(CCCCN1CCOCC1(C)C)C(N)=NO. The highest BCUT2D eigenvalue weighted by Crippen LogP contribution is 2.25. The van der Waals surface area contributed by atoms with Crippen molar-refractivity contribution in [3.8, 4) is 0 Å². The molecule has 0 radical (unpaired) electrons. The molecule has 0 unspecified atom stereocenters. The summed E-state index contributed by atoms with van der Waals surface area (Å²) >= 11 is 0. The second kappa shape index (κ2) is 6.57. The first-order valence-electron chi connectivity index (χ1n) is 7.10. The van der Waals surface area contributed by atoms with Crippen molar-refractivity contribution in [3.05, 3.63) is 0 Å². The van der Waals surface area contributed by atoms with Crippen LogP contribution in [0.4, 0.5) is 0 Å². The summed E-state index contributed by atoms with van der Waals surface area (Å²) in [5, 5.41) is 11.9. The summed E-state index contributed by atoms with van der Waals surface area (Å²) in [4.78, 5) is 2.49. The third-order valence-electron chi connectivity index (χ3n) is 4.10. The fourth-order valence-electron chi connectivity index (χ4n) is 2.44. The van der Waals surface area contributed by atoms with Crippen molar-refractivity contribution >= 4 is 5.84 Å². The van der Waals surface area contributed by atoms with Gasteiger partial charge in [0.05, 0.1) is 13.2 Å². The second-order valence-corrected chi connectivity index (χ2v) is 6.68. The van der Waals surface area contributed by atoms with E-state index in [0.29, 0.717) is 5.84 Å². The maximum atomic E-state index is 8.74. The maximum Gasteiger partial charge on any atom is 0.144 e. The third kappa shape index (κ3) is 4.66. The zero-order valence-corrected chi connectivity index (χ0v) is 12.8. The van der Waals surface area contributed by atoms with Gasteiger partial charge in [0.1, 0.15) is 5.84 Å². The topological polar surface area (TPSA) is 71.1 Å². The van der Waals surface area contributed by atoms with Gasteiger partial charge in [-0.25, -0.2) is 0 Å². The molecule has 0 saturated carbocycles. The molecule has 5 nitrogen and oxygen atoms in total. The zero-order valence-electron chi connectivity index (χ0n) is 12.8. The standard InChI is InChI=1S/C14H29N3O2/c1-13(2,12(15)16-18)7-5-6-8-17-9-10-19-11-14(17,3)4/h18H,5-11H2,1-4H3,(H2,15,16). The van der Waals surface area contributed by atoms with Crippen LogP contribution < -0.4 is 5.73 Å². The normalized spacial score (nSPS) is 21.6. The van der Waals surface area contributed by atoms with Crippen LogP contribution in [0.25, 0.3) is 0 Å². The highest BCUT2D eigenvalue weighted by atomic mass is 16.5. The second-order valence-electron chi connectivity index (χ2n) is 6.68. The molecule has 19 heavy (non-hydrogen) atoms. The van der Waals surface area contributed by atoms with Gasteiger partial charge in [0.25, 0.3) is 0 Å². The van der Waals surface area contributed by atoms with Crippen LogP contribution in [0.1, 0.15) is 47.0 Å². The number of hydrogen-bond donors (Lipinski definition) is 2. The number of nitrogens with two attached hydrogens (primary N) is 1. The number of nitrogens with zero attached hydrogens (tertiary/aromatic N) is 2. The van der Waals surface area contributed by atoms with Crippen molar-refractivity contribution in [2.24, 2.45) is 16.3 Å². The van der Waals surface area contributed by atoms with E-state index in [-0.39, 0.29) is 11.0 Å². The van der Waals surface area contributed by atoms with Gasteiger partial charge in [0.15, 0.2) is 0 Å². The Morgan fingerprint density at radius 3 is 2.68 bits per heavy atom. The van der Waals surface area contributed by atoms with Gasteiger partial charge in [-0.15, -0.1) is 0 Å². The summed E-state index contributed by atoms with van der Waals surface area (Å²) in [6, 6.07) is 0. The van der Waals surface area contributed by atoms with Crippen molar-refractivity contribution in [3.63, 3.8) is 0 Å². The Morgan fingerprint density at radius 2 is 2.11 bits per heavy atom. The number of amidine groups is 1. The average Bonchev–Trinajstić information content (AvgIpc) is 2.34. The minimum Gasteiger partial charge on any atom is -0.409 e. The van der Waals surface area contributed by atoms with E-state index in [0.717, 1.165) is 45.6 Å². The van der Waals surface area contributed by atoms with Crippen molar-refractivity contribution in [2.75, 3.05) is 26.3 Å². The fourth-order valence-corrected chi connectivity index (χ4v) is 2.44. The van der Waals surface area contributed by atoms with Gasteiger partial charge < -0.3 is 15.7 Å². The fraction of sp³-hybridized carbons (Fsp3) is 0.929. The summed E-state index contributed by atoms with van der Waals surface area (Å²) in [7, 11) is 0. The minimum absolute atomic E-state index is 0.138. The summed E-state index contributed by atoms with van der Waals surface area (Å²) in [5.41, 5.74) is 5.60. The highest BCUT2D eigenvalue weighted by Gasteiger charge is 2.30. The first-order valence-corrected chi connectivity index (χ1v) is 7.10. The summed E-state index contributed by atoms with van der Waals surface area (Å²) < 4.78 is 5.52. The zero-order chi connectivity index (χ0) is 14.5. The Hall–Kier alpha value is -0.810. The Kier molecular flexibility index (Phi) is 5.62. The number of morpholine rings is 1. The number of ether oxygens (including phenoxy) is 1. The Morgan fingerprint density at radius 1 is 1.42 bits per heavy atom. The first-order chi connectivity index (χ1) is 8.79. The van der Waals surface area contributed by atoms with E-state index in [1.54, 1.807) is 0 Å². The number of oxime groups is 1. The van der Waals surface area contributed by atoms with E-state index >= 15 is 0 Å². The summed E-state index contributed by atoms with van der Waals surface area (Å²) in [6.07, 6.45) is 3.15. The average molecular weight is 271 g/mol. The molecule has 5 heteroatoms. The van der Waals surface area contributed by atoms with Gasteiger partial charge in [-0.2, -0.15) is 0 Å². The molecule has 0 amide bonds. The van der Waals surface area contributed by atoms with E-state index in [2.05, 4.69) is 23.9 Å². The largest absolute Gasteiger partial charge is 0.409 e. The number of hydrogen-bond acceptors (Lipinski definition) is 4. The van der Waals surface area contributed by atoms with Crippen LogP contribution in [-0.4, -0.2) is 47.8 Å². The summed E-state index contributed by atoms with van der Waals surface area (Å²) in [5.74, 6) is 0.319. The Balaban J connectivity index is 2.31. The van der Waals surface area contributed by atoms with Crippen molar-refractivity contribution < 1.29 is 9.94 Å². The molecule has 0 aliphatic carbocycles. The van der Waals surface area contributed by atoms with E-state index in [1.165, 1.54) is 0 Å². The highest BCUT2D eigenvalue weighted by molar-refractivity contribution is 5.85. The van der Waals surface area contributed by atoms with Crippen LogP contribution in [0.5, 0.6) is 0 Å². The van der Waals surface area contributed by atoms with E-state index in [9.17, 15) is 0 Å². The molecule has 0 spiro atoms. The molecule has 0 aromatic rings. The molecule has 0 aromatic carbocycles. The first kappa shape index (κ1) is 16.2. The van der Waals surface area contributed by atoms with Crippen LogP contribution in [-0.2, 0) is 4.74 Å². The van der Waals surface area contributed by atoms with E-state index in [1.807, 2.05) is 13.8 Å². The molecule has 0 aromatic heterocycles. The third-order valence-corrected chi connectivity index (χ3v) is 4.10. The van der Waals surface area contributed by atoms with Gasteiger partial charge in [-0.05, 0) is 33.2 Å².